The number of methoxy groups -OCH3 is 1. The first-order valence-electron chi connectivity index (χ1n) is 9.41. The number of nitrogens with zero attached hydrogens (tertiary/aromatic N) is 3. The Kier molecular flexibility index (Phi) is 7.09. The van der Waals surface area contributed by atoms with Crippen molar-refractivity contribution in [1.82, 2.24) is 9.78 Å². The van der Waals surface area contributed by atoms with Crippen LogP contribution < -0.4 is 5.43 Å². The molecule has 7 heteroatoms. The van der Waals surface area contributed by atoms with E-state index < -0.39 is 0 Å². The van der Waals surface area contributed by atoms with E-state index in [1.165, 1.54) is 6.07 Å². The standard InChI is InChI=1S/C23H21N3O4/c1-29-11-12-30-23(28)15-19-4-2-3-18(13-19)14-21-22(27)9-10-26(25-21)20-7-5-17(16-24)6-8-20/h2-10,13H,11-12,14-15H2,1H3. The second-order valence-electron chi connectivity index (χ2n) is 6.62. The van der Waals surface area contributed by atoms with Crippen LogP contribution in [0.4, 0.5) is 0 Å². The van der Waals surface area contributed by atoms with Crippen LogP contribution in [0.25, 0.3) is 5.69 Å². The lowest BCUT2D eigenvalue weighted by Gasteiger charge is -2.09. The monoisotopic (exact) mass is 403 g/mol. The molecule has 3 aromatic rings. The molecule has 0 aliphatic carbocycles. The summed E-state index contributed by atoms with van der Waals surface area (Å²) in [6, 6.07) is 17.9. The lowest BCUT2D eigenvalue weighted by atomic mass is 10.0. The minimum atomic E-state index is -0.329. The van der Waals surface area contributed by atoms with Crippen molar-refractivity contribution in [2.24, 2.45) is 0 Å². The van der Waals surface area contributed by atoms with Crippen molar-refractivity contribution in [2.45, 2.75) is 12.8 Å². The van der Waals surface area contributed by atoms with Gasteiger partial charge in [-0.25, -0.2) is 4.68 Å². The molecule has 0 bridgehead atoms. The molecule has 0 radical (unpaired) electrons. The maximum Gasteiger partial charge on any atom is 0.310 e. The fraction of sp³-hybridized carbons (Fsp3) is 0.217. The van der Waals surface area contributed by atoms with Gasteiger partial charge in [0.2, 0.25) is 5.43 Å². The van der Waals surface area contributed by atoms with Gasteiger partial charge in [0.15, 0.2) is 0 Å². The number of aromatic nitrogens is 2. The summed E-state index contributed by atoms with van der Waals surface area (Å²) in [5.74, 6) is -0.329. The quantitative estimate of drug-likeness (QED) is 0.424. The zero-order valence-electron chi connectivity index (χ0n) is 16.6. The third-order valence-corrected chi connectivity index (χ3v) is 4.40. The van der Waals surface area contributed by atoms with Gasteiger partial charge in [0.25, 0.3) is 0 Å². The molecule has 3 rings (SSSR count). The van der Waals surface area contributed by atoms with E-state index in [1.807, 2.05) is 24.3 Å². The van der Waals surface area contributed by atoms with Gasteiger partial charge in [-0.2, -0.15) is 10.4 Å². The van der Waals surface area contributed by atoms with Crippen molar-refractivity contribution < 1.29 is 14.3 Å². The number of esters is 1. The third kappa shape index (κ3) is 5.63. The van der Waals surface area contributed by atoms with Crippen molar-refractivity contribution in [3.05, 3.63) is 93.4 Å². The third-order valence-electron chi connectivity index (χ3n) is 4.40. The number of carbonyl (C=O) groups excluding carboxylic acids is 1. The van der Waals surface area contributed by atoms with Crippen LogP contribution in [0.15, 0.2) is 65.6 Å². The van der Waals surface area contributed by atoms with Crippen LogP contribution in [0.5, 0.6) is 0 Å². The Morgan fingerprint density at radius 2 is 1.87 bits per heavy atom. The minimum absolute atomic E-state index is 0.148. The Balaban J connectivity index is 1.75. The zero-order chi connectivity index (χ0) is 21.3. The molecule has 0 atom stereocenters. The van der Waals surface area contributed by atoms with Crippen molar-refractivity contribution in [3.8, 4) is 11.8 Å². The van der Waals surface area contributed by atoms with Gasteiger partial charge in [0.05, 0.1) is 30.3 Å². The average Bonchev–Trinajstić information content (AvgIpc) is 2.76. The molecule has 0 aliphatic heterocycles. The van der Waals surface area contributed by atoms with Crippen LogP contribution in [0, 0.1) is 11.3 Å². The molecule has 1 aromatic heterocycles. The molecular weight excluding hydrogens is 382 g/mol. The predicted molar refractivity (Wildman–Crippen MR) is 110 cm³/mol. The van der Waals surface area contributed by atoms with Gasteiger partial charge >= 0.3 is 5.97 Å². The van der Waals surface area contributed by atoms with Gasteiger partial charge in [-0.15, -0.1) is 0 Å². The van der Waals surface area contributed by atoms with Gasteiger partial charge in [0.1, 0.15) is 12.3 Å². The maximum absolute atomic E-state index is 12.3. The number of hydrogen-bond donors (Lipinski definition) is 0. The Bertz CT molecular complexity index is 1110. The van der Waals surface area contributed by atoms with Crippen LogP contribution in [0.2, 0.25) is 0 Å². The average molecular weight is 403 g/mol. The summed E-state index contributed by atoms with van der Waals surface area (Å²) in [5.41, 5.74) is 3.21. The number of benzene rings is 2. The largest absolute Gasteiger partial charge is 0.463 e. The van der Waals surface area contributed by atoms with Gasteiger partial charge in [-0.3, -0.25) is 9.59 Å². The minimum Gasteiger partial charge on any atom is -0.463 e. The number of nitriles is 1. The summed E-state index contributed by atoms with van der Waals surface area (Å²) < 4.78 is 11.6. The summed E-state index contributed by atoms with van der Waals surface area (Å²) in [6.45, 7) is 0.578. The van der Waals surface area contributed by atoms with E-state index in [2.05, 4.69) is 11.2 Å². The lowest BCUT2D eigenvalue weighted by Crippen LogP contribution is -2.16. The van der Waals surface area contributed by atoms with Crippen molar-refractivity contribution in [1.29, 1.82) is 5.26 Å². The van der Waals surface area contributed by atoms with Crippen molar-refractivity contribution in [3.63, 3.8) is 0 Å². The molecule has 0 saturated heterocycles. The predicted octanol–water partition coefficient (Wildman–Crippen LogP) is 2.43. The SMILES string of the molecule is COCCOC(=O)Cc1cccc(Cc2nn(-c3ccc(C#N)cc3)ccc2=O)c1. The summed E-state index contributed by atoms with van der Waals surface area (Å²) in [5, 5.41) is 13.4. The summed E-state index contributed by atoms with van der Waals surface area (Å²) >= 11 is 0. The van der Waals surface area contributed by atoms with E-state index in [9.17, 15) is 9.59 Å². The van der Waals surface area contributed by atoms with Crippen LogP contribution in [-0.2, 0) is 27.1 Å². The molecular formula is C23H21N3O4. The van der Waals surface area contributed by atoms with Crippen molar-refractivity contribution >= 4 is 5.97 Å². The number of hydrogen-bond acceptors (Lipinski definition) is 6. The Morgan fingerprint density at radius 1 is 1.10 bits per heavy atom. The molecule has 0 unspecified atom stereocenters. The highest BCUT2D eigenvalue weighted by Crippen LogP contribution is 2.11. The first-order valence-corrected chi connectivity index (χ1v) is 9.41. The highest BCUT2D eigenvalue weighted by atomic mass is 16.6. The molecule has 1 heterocycles. The van der Waals surface area contributed by atoms with E-state index >= 15 is 0 Å². The first-order chi connectivity index (χ1) is 14.6. The Labute approximate surface area is 174 Å². The van der Waals surface area contributed by atoms with Crippen LogP contribution in [-0.4, -0.2) is 36.1 Å². The smallest absolute Gasteiger partial charge is 0.310 e. The molecule has 0 aliphatic rings. The first kappa shape index (κ1) is 21.0. The van der Waals surface area contributed by atoms with Crippen LogP contribution in [0.3, 0.4) is 0 Å². The van der Waals surface area contributed by atoms with E-state index in [0.717, 1.165) is 16.8 Å². The Morgan fingerprint density at radius 3 is 2.60 bits per heavy atom. The number of carbonyl (C=O) groups is 1. The number of rotatable bonds is 8. The normalized spacial score (nSPS) is 10.4. The van der Waals surface area contributed by atoms with E-state index in [0.29, 0.717) is 24.3 Å². The molecule has 0 spiro atoms. The molecule has 152 valence electrons. The fourth-order valence-electron chi connectivity index (χ4n) is 2.90. The van der Waals surface area contributed by atoms with Crippen LogP contribution in [0.1, 0.15) is 22.4 Å². The molecule has 0 amide bonds. The van der Waals surface area contributed by atoms with Gasteiger partial charge in [-0.05, 0) is 35.4 Å². The molecule has 30 heavy (non-hydrogen) atoms. The second kappa shape index (κ2) is 10.1. The van der Waals surface area contributed by atoms with E-state index in [-0.39, 0.29) is 24.4 Å². The highest BCUT2D eigenvalue weighted by Gasteiger charge is 2.09. The van der Waals surface area contributed by atoms with Gasteiger partial charge < -0.3 is 9.47 Å². The zero-order valence-corrected chi connectivity index (χ0v) is 16.6. The molecule has 0 saturated carbocycles. The van der Waals surface area contributed by atoms with Crippen LogP contribution >= 0.6 is 0 Å². The lowest BCUT2D eigenvalue weighted by molar-refractivity contribution is -0.144. The summed E-state index contributed by atoms with van der Waals surface area (Å²) in [6.07, 6.45) is 2.08. The highest BCUT2D eigenvalue weighted by molar-refractivity contribution is 5.72. The second-order valence-corrected chi connectivity index (χ2v) is 6.62. The molecule has 0 fully saturated rings. The molecule has 7 nitrogen and oxygen atoms in total. The van der Waals surface area contributed by atoms with E-state index in [4.69, 9.17) is 14.7 Å². The molecule has 0 N–H and O–H groups in total. The maximum atomic E-state index is 12.3. The Hall–Kier alpha value is -3.76. The molecule has 2 aromatic carbocycles. The van der Waals surface area contributed by atoms with Crippen molar-refractivity contribution in [2.75, 3.05) is 20.3 Å². The number of ether oxygens (including phenoxy) is 2. The summed E-state index contributed by atoms with van der Waals surface area (Å²) in [4.78, 5) is 24.2. The van der Waals surface area contributed by atoms with E-state index in [1.54, 1.807) is 42.3 Å². The van der Waals surface area contributed by atoms with Gasteiger partial charge in [-0.1, -0.05) is 24.3 Å². The summed E-state index contributed by atoms with van der Waals surface area (Å²) in [7, 11) is 1.55. The fourth-order valence-corrected chi connectivity index (χ4v) is 2.90. The van der Waals surface area contributed by atoms with Gasteiger partial charge in [0, 0.05) is 25.8 Å². The topological polar surface area (TPSA) is 94.2 Å².